The highest BCUT2D eigenvalue weighted by atomic mass is 16.5. The van der Waals surface area contributed by atoms with Crippen molar-refractivity contribution in [3.63, 3.8) is 0 Å². The smallest absolute Gasteiger partial charge is 0.328 e. The molecule has 1 heterocycles. The molecule has 0 aliphatic rings. The van der Waals surface area contributed by atoms with E-state index >= 15 is 0 Å². The Labute approximate surface area is 227 Å². The Kier molecular flexibility index (Phi) is 11.0. The summed E-state index contributed by atoms with van der Waals surface area (Å²) in [7, 11) is 0. The fourth-order valence-corrected chi connectivity index (χ4v) is 3.42. The number of benzene rings is 3. The highest BCUT2D eigenvalue weighted by Gasteiger charge is 2.09. The molecule has 4 aromatic rings. The van der Waals surface area contributed by atoms with Crippen molar-refractivity contribution in [2.45, 2.75) is 6.54 Å². The van der Waals surface area contributed by atoms with E-state index in [1.54, 1.807) is 12.1 Å². The van der Waals surface area contributed by atoms with E-state index in [0.717, 1.165) is 5.56 Å². The lowest BCUT2D eigenvalue weighted by atomic mass is 10.2. The standard InChI is InChI=1S/C29H32N6O4/c36-26(24-12-6-2-7-13-24)30-16-18-37-20-21-38-19-17-31-27-33-28(32-22-23-10-4-1-5-11-23)35-29(34-27)39-25-14-8-3-9-15-25/h1-15H,16-22H2,(H,30,36)(H2,31,32,33,34,35). The quantitative estimate of drug-likeness (QED) is 0.184. The number of hydrogen-bond donors (Lipinski definition) is 3. The molecule has 3 N–H and O–H groups in total. The minimum atomic E-state index is -0.115. The third-order valence-electron chi connectivity index (χ3n) is 5.33. The Hall–Kier alpha value is -4.54. The molecule has 39 heavy (non-hydrogen) atoms. The number of carbonyl (C=O) groups is 1. The molecule has 202 valence electrons. The predicted molar refractivity (Wildman–Crippen MR) is 149 cm³/mol. The van der Waals surface area contributed by atoms with Crippen LogP contribution in [0.2, 0.25) is 0 Å². The molecular weight excluding hydrogens is 496 g/mol. The number of rotatable bonds is 16. The van der Waals surface area contributed by atoms with Crippen molar-refractivity contribution in [1.29, 1.82) is 0 Å². The number of carbonyl (C=O) groups excluding carboxylic acids is 1. The first-order chi connectivity index (χ1) is 19.3. The summed E-state index contributed by atoms with van der Waals surface area (Å²) in [6.07, 6.45) is 0. The van der Waals surface area contributed by atoms with Crippen LogP contribution in [0.1, 0.15) is 15.9 Å². The normalized spacial score (nSPS) is 10.6. The zero-order chi connectivity index (χ0) is 27.0. The predicted octanol–water partition coefficient (Wildman–Crippen LogP) is 4.15. The van der Waals surface area contributed by atoms with Crippen LogP contribution in [0.4, 0.5) is 11.9 Å². The highest BCUT2D eigenvalue weighted by Crippen LogP contribution is 2.19. The van der Waals surface area contributed by atoms with Gasteiger partial charge in [0.1, 0.15) is 5.75 Å². The number of ether oxygens (including phenoxy) is 3. The minimum Gasteiger partial charge on any atom is -0.424 e. The zero-order valence-corrected chi connectivity index (χ0v) is 21.6. The summed E-state index contributed by atoms with van der Waals surface area (Å²) >= 11 is 0. The van der Waals surface area contributed by atoms with Gasteiger partial charge in [-0.05, 0) is 29.8 Å². The van der Waals surface area contributed by atoms with E-state index in [1.165, 1.54) is 0 Å². The maximum atomic E-state index is 12.0. The second-order valence-corrected chi connectivity index (χ2v) is 8.29. The van der Waals surface area contributed by atoms with E-state index in [1.807, 2.05) is 78.9 Å². The van der Waals surface area contributed by atoms with Crippen molar-refractivity contribution in [2.24, 2.45) is 0 Å². The van der Waals surface area contributed by atoms with E-state index in [2.05, 4.69) is 30.9 Å². The van der Waals surface area contributed by atoms with Crippen LogP contribution in [0, 0.1) is 0 Å². The van der Waals surface area contributed by atoms with Crippen LogP contribution in [0.25, 0.3) is 0 Å². The van der Waals surface area contributed by atoms with Crippen molar-refractivity contribution in [2.75, 3.05) is 50.2 Å². The van der Waals surface area contributed by atoms with Gasteiger partial charge in [-0.1, -0.05) is 66.7 Å². The van der Waals surface area contributed by atoms with Gasteiger partial charge in [0, 0.05) is 25.2 Å². The summed E-state index contributed by atoms with van der Waals surface area (Å²) in [4.78, 5) is 25.2. The summed E-state index contributed by atoms with van der Waals surface area (Å²) in [6, 6.07) is 28.6. The molecule has 3 aromatic carbocycles. The first-order valence-corrected chi connectivity index (χ1v) is 12.8. The second-order valence-electron chi connectivity index (χ2n) is 8.29. The SMILES string of the molecule is O=C(NCCOCCOCCNc1nc(NCc2ccccc2)nc(Oc2ccccc2)n1)c1ccccc1. The monoisotopic (exact) mass is 528 g/mol. The lowest BCUT2D eigenvalue weighted by Crippen LogP contribution is -2.27. The van der Waals surface area contributed by atoms with E-state index in [0.29, 0.717) is 69.3 Å². The van der Waals surface area contributed by atoms with Crippen molar-refractivity contribution in [1.82, 2.24) is 20.3 Å². The molecule has 0 aliphatic heterocycles. The number of hydrogen-bond acceptors (Lipinski definition) is 9. The van der Waals surface area contributed by atoms with Crippen molar-refractivity contribution in [3.8, 4) is 11.8 Å². The van der Waals surface area contributed by atoms with Crippen LogP contribution in [0.15, 0.2) is 91.0 Å². The molecule has 0 saturated heterocycles. The summed E-state index contributed by atoms with van der Waals surface area (Å²) in [5.41, 5.74) is 1.73. The summed E-state index contributed by atoms with van der Waals surface area (Å²) in [6.45, 7) is 3.18. The van der Waals surface area contributed by atoms with Crippen molar-refractivity contribution >= 4 is 17.8 Å². The number of amides is 1. The van der Waals surface area contributed by atoms with Crippen molar-refractivity contribution in [3.05, 3.63) is 102 Å². The third-order valence-corrected chi connectivity index (χ3v) is 5.33. The van der Waals surface area contributed by atoms with E-state index in [-0.39, 0.29) is 11.9 Å². The zero-order valence-electron chi connectivity index (χ0n) is 21.6. The van der Waals surface area contributed by atoms with Gasteiger partial charge in [-0.3, -0.25) is 4.79 Å². The molecule has 0 atom stereocenters. The average molecular weight is 529 g/mol. The fourth-order valence-electron chi connectivity index (χ4n) is 3.42. The summed E-state index contributed by atoms with van der Waals surface area (Å²) < 4.78 is 17.0. The van der Waals surface area contributed by atoms with Crippen LogP contribution < -0.4 is 20.7 Å². The van der Waals surface area contributed by atoms with Gasteiger partial charge in [-0.25, -0.2) is 0 Å². The Balaban J connectivity index is 1.16. The van der Waals surface area contributed by atoms with Gasteiger partial charge < -0.3 is 30.2 Å². The van der Waals surface area contributed by atoms with Crippen molar-refractivity contribution < 1.29 is 19.0 Å². The van der Waals surface area contributed by atoms with Gasteiger partial charge in [0.15, 0.2) is 0 Å². The van der Waals surface area contributed by atoms with Gasteiger partial charge in [0.25, 0.3) is 5.91 Å². The number of aromatic nitrogens is 3. The topological polar surface area (TPSA) is 120 Å². The second kappa shape index (κ2) is 15.7. The maximum absolute atomic E-state index is 12.0. The average Bonchev–Trinajstić information content (AvgIpc) is 2.98. The van der Waals surface area contributed by atoms with Gasteiger partial charge in [-0.15, -0.1) is 0 Å². The van der Waals surface area contributed by atoms with Gasteiger partial charge >= 0.3 is 6.01 Å². The number of nitrogens with zero attached hydrogens (tertiary/aromatic N) is 3. The van der Waals surface area contributed by atoms with Crippen LogP contribution in [-0.4, -0.2) is 60.4 Å². The number of anilines is 2. The molecule has 0 radical (unpaired) electrons. The molecule has 0 saturated carbocycles. The molecule has 0 spiro atoms. The molecule has 4 rings (SSSR count). The molecule has 0 fully saturated rings. The van der Waals surface area contributed by atoms with Crippen LogP contribution in [-0.2, 0) is 16.0 Å². The minimum absolute atomic E-state index is 0.115. The Morgan fingerprint density at radius 3 is 1.92 bits per heavy atom. The fraction of sp³-hybridized carbons (Fsp3) is 0.241. The Bertz CT molecular complexity index is 1260. The van der Waals surface area contributed by atoms with Crippen LogP contribution in [0.5, 0.6) is 11.8 Å². The largest absolute Gasteiger partial charge is 0.424 e. The van der Waals surface area contributed by atoms with Gasteiger partial charge in [-0.2, -0.15) is 15.0 Å². The van der Waals surface area contributed by atoms with E-state index in [9.17, 15) is 4.79 Å². The molecule has 10 nitrogen and oxygen atoms in total. The van der Waals surface area contributed by atoms with Gasteiger partial charge in [0.05, 0.1) is 26.4 Å². The molecule has 1 amide bonds. The number of para-hydroxylation sites is 1. The van der Waals surface area contributed by atoms with Gasteiger partial charge in [0.2, 0.25) is 11.9 Å². The molecule has 1 aromatic heterocycles. The molecule has 10 heteroatoms. The third kappa shape index (κ3) is 10.0. The Morgan fingerprint density at radius 2 is 1.23 bits per heavy atom. The van der Waals surface area contributed by atoms with Crippen LogP contribution in [0.3, 0.4) is 0 Å². The van der Waals surface area contributed by atoms with Crippen LogP contribution >= 0.6 is 0 Å². The number of nitrogens with one attached hydrogen (secondary N) is 3. The lowest BCUT2D eigenvalue weighted by molar-refractivity contribution is 0.0519. The van der Waals surface area contributed by atoms with E-state index < -0.39 is 0 Å². The molecule has 0 unspecified atom stereocenters. The molecular formula is C29H32N6O4. The first kappa shape index (κ1) is 27.5. The lowest BCUT2D eigenvalue weighted by Gasteiger charge is -2.11. The first-order valence-electron chi connectivity index (χ1n) is 12.8. The highest BCUT2D eigenvalue weighted by molar-refractivity contribution is 5.94. The summed E-state index contributed by atoms with van der Waals surface area (Å²) in [5, 5.41) is 9.20. The molecule has 0 bridgehead atoms. The molecule has 0 aliphatic carbocycles. The Morgan fingerprint density at radius 1 is 0.641 bits per heavy atom. The summed E-state index contributed by atoms with van der Waals surface area (Å²) in [5.74, 6) is 1.29. The maximum Gasteiger partial charge on any atom is 0.328 e. The van der Waals surface area contributed by atoms with E-state index in [4.69, 9.17) is 14.2 Å².